The van der Waals surface area contributed by atoms with Crippen LogP contribution in [-0.4, -0.2) is 9.55 Å². The minimum Gasteiger partial charge on any atom is -0.326 e. The van der Waals surface area contributed by atoms with E-state index in [9.17, 15) is 0 Å². The fourth-order valence-corrected chi connectivity index (χ4v) is 2.23. The van der Waals surface area contributed by atoms with Gasteiger partial charge in [-0.3, -0.25) is 0 Å². The normalized spacial score (nSPS) is 10.2. The molecule has 3 aromatic rings. The van der Waals surface area contributed by atoms with Crippen LogP contribution in [0.2, 0.25) is 0 Å². The number of halogens is 1. The summed E-state index contributed by atoms with van der Waals surface area (Å²) >= 11 is 0. The van der Waals surface area contributed by atoms with Crippen LogP contribution in [0.5, 0.6) is 0 Å². The lowest BCUT2D eigenvalue weighted by atomic mass is 9.99. The largest absolute Gasteiger partial charge is 0.326 e. The zero-order chi connectivity index (χ0) is 12.2. The molecule has 19 heavy (non-hydrogen) atoms. The smallest absolute Gasteiger partial charge is 0.0954 e. The van der Waals surface area contributed by atoms with E-state index in [4.69, 9.17) is 0 Å². The van der Waals surface area contributed by atoms with E-state index in [2.05, 4.69) is 58.1 Å². The third-order valence-electron chi connectivity index (χ3n) is 3.05. The molecule has 0 saturated heterocycles. The number of hydrogen-bond donors (Lipinski definition) is 0. The van der Waals surface area contributed by atoms with E-state index >= 15 is 0 Å². The highest BCUT2D eigenvalue weighted by atomic mass is 35.5. The minimum atomic E-state index is 0. The van der Waals surface area contributed by atoms with E-state index in [-0.39, 0.29) is 18.4 Å². The average Bonchev–Trinajstić information content (AvgIpc) is 2.95. The average molecular weight is 271 g/mol. The number of rotatable bonds is 3. The van der Waals surface area contributed by atoms with Gasteiger partial charge in [0.2, 0.25) is 0 Å². The third-order valence-corrected chi connectivity index (χ3v) is 3.05. The molecule has 96 valence electrons. The van der Waals surface area contributed by atoms with Crippen LogP contribution in [0.15, 0.2) is 79.4 Å². The van der Waals surface area contributed by atoms with Crippen molar-refractivity contribution in [2.75, 3.05) is 0 Å². The monoisotopic (exact) mass is 270 g/mol. The summed E-state index contributed by atoms with van der Waals surface area (Å²) in [6, 6.07) is 21.2. The van der Waals surface area contributed by atoms with Gasteiger partial charge in [0.05, 0.1) is 12.4 Å². The van der Waals surface area contributed by atoms with Crippen molar-refractivity contribution in [2.45, 2.75) is 6.04 Å². The van der Waals surface area contributed by atoms with E-state index in [1.807, 2.05) is 30.9 Å². The molecule has 3 rings (SSSR count). The molecule has 2 nitrogen and oxygen atoms in total. The fraction of sp³-hybridized carbons (Fsp3) is 0.0625. The van der Waals surface area contributed by atoms with Crippen molar-refractivity contribution in [3.8, 4) is 0 Å². The second-order valence-electron chi connectivity index (χ2n) is 4.23. The molecule has 0 unspecified atom stereocenters. The second-order valence-corrected chi connectivity index (χ2v) is 4.23. The van der Waals surface area contributed by atoms with E-state index in [1.54, 1.807) is 0 Å². The van der Waals surface area contributed by atoms with Crippen LogP contribution in [0.25, 0.3) is 0 Å². The summed E-state index contributed by atoms with van der Waals surface area (Å²) in [5.41, 5.74) is 2.53. The first-order valence-corrected chi connectivity index (χ1v) is 6.02. The predicted molar refractivity (Wildman–Crippen MR) is 79.6 cm³/mol. The second kappa shape index (κ2) is 6.21. The standard InChI is InChI=1S/C16H14N2.ClH/c1-3-7-14(8-4-1)16(18-12-11-17-13-18)15-9-5-2-6-10-15;/h1-13,16H;1H. The Morgan fingerprint density at radius 2 is 1.32 bits per heavy atom. The van der Waals surface area contributed by atoms with E-state index in [1.165, 1.54) is 11.1 Å². The Hall–Kier alpha value is -2.06. The van der Waals surface area contributed by atoms with Gasteiger partial charge < -0.3 is 4.57 Å². The first kappa shape index (κ1) is 13.4. The van der Waals surface area contributed by atoms with Gasteiger partial charge in [0.15, 0.2) is 0 Å². The molecule has 0 aliphatic heterocycles. The molecule has 0 bridgehead atoms. The van der Waals surface area contributed by atoms with Crippen molar-refractivity contribution >= 4 is 12.4 Å². The predicted octanol–water partition coefficient (Wildman–Crippen LogP) is 3.94. The molecule has 0 fully saturated rings. The van der Waals surface area contributed by atoms with Gasteiger partial charge in [-0.05, 0) is 11.1 Å². The van der Waals surface area contributed by atoms with Crippen LogP contribution in [-0.2, 0) is 0 Å². The maximum Gasteiger partial charge on any atom is 0.0954 e. The highest BCUT2D eigenvalue weighted by Crippen LogP contribution is 2.25. The Bertz CT molecular complexity index is 552. The summed E-state index contributed by atoms with van der Waals surface area (Å²) in [7, 11) is 0. The fourth-order valence-electron chi connectivity index (χ4n) is 2.23. The summed E-state index contributed by atoms with van der Waals surface area (Å²) in [4.78, 5) is 4.16. The van der Waals surface area contributed by atoms with E-state index < -0.39 is 0 Å². The van der Waals surface area contributed by atoms with Crippen molar-refractivity contribution in [3.05, 3.63) is 90.5 Å². The third kappa shape index (κ3) is 2.85. The molecular weight excluding hydrogens is 256 g/mol. The lowest BCUT2D eigenvalue weighted by Crippen LogP contribution is -2.10. The molecule has 0 atom stereocenters. The summed E-state index contributed by atoms with van der Waals surface area (Å²) < 4.78 is 2.13. The van der Waals surface area contributed by atoms with Gasteiger partial charge in [0, 0.05) is 12.4 Å². The number of aromatic nitrogens is 2. The van der Waals surface area contributed by atoms with Gasteiger partial charge in [0.25, 0.3) is 0 Å². The van der Waals surface area contributed by atoms with Crippen molar-refractivity contribution in [1.82, 2.24) is 9.55 Å². The topological polar surface area (TPSA) is 17.8 Å². The van der Waals surface area contributed by atoms with Crippen molar-refractivity contribution < 1.29 is 0 Å². The molecule has 1 heterocycles. The number of nitrogens with zero attached hydrogens (tertiary/aromatic N) is 2. The Kier molecular flexibility index (Phi) is 4.37. The maximum absolute atomic E-state index is 4.16. The Balaban J connectivity index is 0.00000133. The van der Waals surface area contributed by atoms with E-state index in [0.29, 0.717) is 0 Å². The van der Waals surface area contributed by atoms with Crippen molar-refractivity contribution in [1.29, 1.82) is 0 Å². The van der Waals surface area contributed by atoms with Gasteiger partial charge in [-0.25, -0.2) is 4.98 Å². The molecule has 3 heteroatoms. The summed E-state index contributed by atoms with van der Waals surface area (Å²) in [5, 5.41) is 0. The first-order valence-electron chi connectivity index (χ1n) is 6.02. The van der Waals surface area contributed by atoms with Crippen molar-refractivity contribution in [3.63, 3.8) is 0 Å². The molecule has 0 saturated carbocycles. The summed E-state index contributed by atoms with van der Waals surface area (Å²) in [6.45, 7) is 0. The molecular formula is C16H15ClN2. The van der Waals surface area contributed by atoms with Crippen LogP contribution < -0.4 is 0 Å². The molecule has 0 radical (unpaired) electrons. The lowest BCUT2D eigenvalue weighted by Gasteiger charge is -2.19. The van der Waals surface area contributed by atoms with Crippen LogP contribution in [0, 0.1) is 0 Å². The Morgan fingerprint density at radius 1 is 0.789 bits per heavy atom. The lowest BCUT2D eigenvalue weighted by molar-refractivity contribution is 0.677. The van der Waals surface area contributed by atoms with Gasteiger partial charge in [0.1, 0.15) is 0 Å². The van der Waals surface area contributed by atoms with Gasteiger partial charge in [-0.1, -0.05) is 60.7 Å². The van der Waals surface area contributed by atoms with Gasteiger partial charge in [-0.15, -0.1) is 12.4 Å². The SMILES string of the molecule is Cl.c1ccc(C(c2ccccc2)n2ccnc2)cc1. The quantitative estimate of drug-likeness (QED) is 0.705. The van der Waals surface area contributed by atoms with Gasteiger partial charge in [-0.2, -0.15) is 0 Å². The highest BCUT2D eigenvalue weighted by molar-refractivity contribution is 5.85. The Morgan fingerprint density at radius 3 is 1.74 bits per heavy atom. The molecule has 0 aliphatic rings. The zero-order valence-corrected chi connectivity index (χ0v) is 11.2. The zero-order valence-electron chi connectivity index (χ0n) is 10.4. The van der Waals surface area contributed by atoms with Crippen molar-refractivity contribution in [2.24, 2.45) is 0 Å². The highest BCUT2D eigenvalue weighted by Gasteiger charge is 2.14. The molecule has 0 spiro atoms. The Labute approximate surface area is 119 Å². The maximum atomic E-state index is 4.16. The van der Waals surface area contributed by atoms with Crippen LogP contribution in [0.3, 0.4) is 0 Å². The molecule has 0 aliphatic carbocycles. The first-order chi connectivity index (χ1) is 8.95. The molecule has 2 aromatic carbocycles. The van der Waals surface area contributed by atoms with Crippen LogP contribution in [0.4, 0.5) is 0 Å². The molecule has 0 amide bonds. The molecule has 0 N–H and O–H groups in total. The summed E-state index contributed by atoms with van der Waals surface area (Å²) in [6.07, 6.45) is 5.69. The van der Waals surface area contributed by atoms with Crippen LogP contribution in [0.1, 0.15) is 17.2 Å². The number of hydrogen-bond acceptors (Lipinski definition) is 1. The number of imidazole rings is 1. The van der Waals surface area contributed by atoms with Gasteiger partial charge >= 0.3 is 0 Å². The van der Waals surface area contributed by atoms with Crippen LogP contribution >= 0.6 is 12.4 Å². The number of benzene rings is 2. The summed E-state index contributed by atoms with van der Waals surface area (Å²) in [5.74, 6) is 0. The molecule has 1 aromatic heterocycles. The minimum absolute atomic E-state index is 0. The van der Waals surface area contributed by atoms with E-state index in [0.717, 1.165) is 0 Å².